The number of carbonyl (C=O) groups is 1. The van der Waals surface area contributed by atoms with E-state index in [1.807, 2.05) is 0 Å². The van der Waals surface area contributed by atoms with Crippen molar-refractivity contribution in [3.63, 3.8) is 0 Å². The number of benzene rings is 1. The molecule has 0 atom stereocenters. The smallest absolute Gasteiger partial charge is 0.252 e. The standard InChI is InChI=1S/C14H12BrFN2O2/c1-20-13-5-2-9(7-17-13)8-18-14(19)11-6-10(16)3-4-12(11)15/h2-7H,8H2,1H3,(H,18,19). The van der Waals surface area contributed by atoms with E-state index in [1.165, 1.54) is 25.3 Å². The number of amides is 1. The summed E-state index contributed by atoms with van der Waals surface area (Å²) in [6.45, 7) is 0.304. The highest BCUT2D eigenvalue weighted by Gasteiger charge is 2.10. The predicted octanol–water partition coefficient (Wildman–Crippen LogP) is 2.92. The molecule has 0 radical (unpaired) electrons. The maximum atomic E-state index is 13.1. The van der Waals surface area contributed by atoms with Gasteiger partial charge < -0.3 is 10.1 Å². The van der Waals surface area contributed by atoms with Gasteiger partial charge in [-0.1, -0.05) is 6.07 Å². The molecule has 104 valence electrons. The van der Waals surface area contributed by atoms with Crippen LogP contribution in [0.2, 0.25) is 0 Å². The van der Waals surface area contributed by atoms with Crippen molar-refractivity contribution in [2.24, 2.45) is 0 Å². The molecule has 2 aromatic rings. The van der Waals surface area contributed by atoms with Crippen molar-refractivity contribution in [1.82, 2.24) is 10.3 Å². The van der Waals surface area contributed by atoms with E-state index in [9.17, 15) is 9.18 Å². The summed E-state index contributed by atoms with van der Waals surface area (Å²) in [6, 6.07) is 7.48. The Labute approximate surface area is 124 Å². The topological polar surface area (TPSA) is 51.2 Å². The summed E-state index contributed by atoms with van der Waals surface area (Å²) in [5.41, 5.74) is 1.08. The first-order valence-electron chi connectivity index (χ1n) is 5.82. The summed E-state index contributed by atoms with van der Waals surface area (Å²) in [7, 11) is 1.53. The van der Waals surface area contributed by atoms with Crippen LogP contribution in [0.5, 0.6) is 5.88 Å². The minimum atomic E-state index is -0.454. The van der Waals surface area contributed by atoms with Gasteiger partial charge in [0.15, 0.2) is 0 Å². The summed E-state index contributed by atoms with van der Waals surface area (Å²) in [6.07, 6.45) is 1.61. The monoisotopic (exact) mass is 338 g/mol. The summed E-state index contributed by atoms with van der Waals surface area (Å²) < 4.78 is 18.6. The van der Waals surface area contributed by atoms with Gasteiger partial charge in [-0.25, -0.2) is 9.37 Å². The number of aromatic nitrogens is 1. The number of nitrogens with zero attached hydrogens (tertiary/aromatic N) is 1. The van der Waals surface area contributed by atoms with Crippen molar-refractivity contribution < 1.29 is 13.9 Å². The van der Waals surface area contributed by atoms with Gasteiger partial charge in [0.2, 0.25) is 5.88 Å². The number of hydrogen-bond acceptors (Lipinski definition) is 3. The van der Waals surface area contributed by atoms with Crippen molar-refractivity contribution >= 4 is 21.8 Å². The second-order valence-electron chi connectivity index (χ2n) is 4.02. The maximum Gasteiger partial charge on any atom is 0.252 e. The van der Waals surface area contributed by atoms with Crippen LogP contribution < -0.4 is 10.1 Å². The van der Waals surface area contributed by atoms with Crippen LogP contribution in [0, 0.1) is 5.82 Å². The highest BCUT2D eigenvalue weighted by Crippen LogP contribution is 2.17. The first kappa shape index (κ1) is 14.5. The van der Waals surface area contributed by atoms with E-state index in [1.54, 1.807) is 18.3 Å². The van der Waals surface area contributed by atoms with Crippen LogP contribution in [0.4, 0.5) is 4.39 Å². The molecular weight excluding hydrogens is 327 g/mol. The Morgan fingerprint density at radius 3 is 2.85 bits per heavy atom. The molecule has 0 bridgehead atoms. The van der Waals surface area contributed by atoms with E-state index in [-0.39, 0.29) is 11.5 Å². The van der Waals surface area contributed by atoms with Gasteiger partial charge in [0.1, 0.15) is 5.82 Å². The first-order chi connectivity index (χ1) is 9.60. The van der Waals surface area contributed by atoms with Gasteiger partial charge in [0, 0.05) is 23.3 Å². The second-order valence-corrected chi connectivity index (χ2v) is 4.87. The lowest BCUT2D eigenvalue weighted by atomic mass is 10.2. The lowest BCUT2D eigenvalue weighted by Crippen LogP contribution is -2.23. The molecule has 0 unspecified atom stereocenters. The van der Waals surface area contributed by atoms with Gasteiger partial charge in [-0.3, -0.25) is 4.79 Å². The van der Waals surface area contributed by atoms with Crippen molar-refractivity contribution in [3.8, 4) is 5.88 Å². The normalized spacial score (nSPS) is 10.2. The quantitative estimate of drug-likeness (QED) is 0.932. The van der Waals surface area contributed by atoms with E-state index in [0.717, 1.165) is 5.56 Å². The van der Waals surface area contributed by atoms with Gasteiger partial charge in [0.05, 0.1) is 12.7 Å². The second kappa shape index (κ2) is 6.47. The van der Waals surface area contributed by atoms with Crippen molar-refractivity contribution in [3.05, 3.63) is 57.9 Å². The zero-order valence-corrected chi connectivity index (χ0v) is 12.3. The number of rotatable bonds is 4. The van der Waals surface area contributed by atoms with Crippen molar-refractivity contribution in [1.29, 1.82) is 0 Å². The summed E-state index contributed by atoms with van der Waals surface area (Å²) in [5.74, 6) is -0.301. The molecule has 0 aliphatic rings. The van der Waals surface area contributed by atoms with Crippen LogP contribution in [0.3, 0.4) is 0 Å². The predicted molar refractivity (Wildman–Crippen MR) is 76.1 cm³/mol. The molecule has 0 spiro atoms. The fourth-order valence-electron chi connectivity index (χ4n) is 1.59. The molecule has 1 amide bonds. The van der Waals surface area contributed by atoms with Gasteiger partial charge in [0.25, 0.3) is 5.91 Å². The Morgan fingerprint density at radius 1 is 1.40 bits per heavy atom. The molecule has 0 fully saturated rings. The van der Waals surface area contributed by atoms with Crippen molar-refractivity contribution in [2.45, 2.75) is 6.54 Å². The maximum absolute atomic E-state index is 13.1. The first-order valence-corrected chi connectivity index (χ1v) is 6.61. The van der Waals surface area contributed by atoms with Crippen LogP contribution >= 0.6 is 15.9 Å². The van der Waals surface area contributed by atoms with Crippen LogP contribution in [-0.2, 0) is 6.54 Å². The van der Waals surface area contributed by atoms with E-state index in [4.69, 9.17) is 4.74 Å². The molecule has 0 saturated heterocycles. The Balaban J connectivity index is 2.02. The molecule has 20 heavy (non-hydrogen) atoms. The molecule has 0 aliphatic heterocycles. The number of carbonyl (C=O) groups excluding carboxylic acids is 1. The Kier molecular flexibility index (Phi) is 4.68. The number of pyridine rings is 1. The van der Waals surface area contributed by atoms with E-state index < -0.39 is 5.82 Å². The fourth-order valence-corrected chi connectivity index (χ4v) is 2.01. The molecular formula is C14H12BrFN2O2. The fraction of sp³-hybridized carbons (Fsp3) is 0.143. The van der Waals surface area contributed by atoms with Crippen LogP contribution in [-0.4, -0.2) is 18.0 Å². The third kappa shape index (κ3) is 3.54. The third-order valence-electron chi connectivity index (χ3n) is 2.63. The largest absolute Gasteiger partial charge is 0.481 e. The molecule has 0 saturated carbocycles. The lowest BCUT2D eigenvalue weighted by Gasteiger charge is -2.07. The number of halogens is 2. The molecule has 1 aromatic heterocycles. The Hall–Kier alpha value is -1.95. The Morgan fingerprint density at radius 2 is 2.20 bits per heavy atom. The van der Waals surface area contributed by atoms with Gasteiger partial charge in [-0.15, -0.1) is 0 Å². The van der Waals surface area contributed by atoms with Gasteiger partial charge >= 0.3 is 0 Å². The van der Waals surface area contributed by atoms with Crippen molar-refractivity contribution in [2.75, 3.05) is 7.11 Å². The molecule has 6 heteroatoms. The van der Waals surface area contributed by atoms with Gasteiger partial charge in [-0.2, -0.15) is 0 Å². The third-order valence-corrected chi connectivity index (χ3v) is 3.32. The van der Waals surface area contributed by atoms with Gasteiger partial charge in [-0.05, 0) is 39.7 Å². The summed E-state index contributed by atoms with van der Waals surface area (Å²) >= 11 is 3.22. The molecule has 1 aromatic carbocycles. The minimum Gasteiger partial charge on any atom is -0.481 e. The number of ether oxygens (including phenoxy) is 1. The van der Waals surface area contributed by atoms with Crippen LogP contribution in [0.25, 0.3) is 0 Å². The average Bonchev–Trinajstić information content (AvgIpc) is 2.47. The summed E-state index contributed by atoms with van der Waals surface area (Å²) in [5, 5.41) is 2.70. The molecule has 0 aliphatic carbocycles. The van der Waals surface area contributed by atoms with Crippen LogP contribution in [0.1, 0.15) is 15.9 Å². The molecule has 1 N–H and O–H groups in total. The van der Waals surface area contributed by atoms with E-state index in [2.05, 4.69) is 26.2 Å². The molecule has 4 nitrogen and oxygen atoms in total. The minimum absolute atomic E-state index is 0.256. The van der Waals surface area contributed by atoms with Crippen LogP contribution in [0.15, 0.2) is 41.0 Å². The van der Waals surface area contributed by atoms with E-state index in [0.29, 0.717) is 16.9 Å². The lowest BCUT2D eigenvalue weighted by molar-refractivity contribution is 0.0949. The number of nitrogens with one attached hydrogen (secondary N) is 1. The van der Waals surface area contributed by atoms with E-state index >= 15 is 0 Å². The zero-order valence-electron chi connectivity index (χ0n) is 10.7. The SMILES string of the molecule is COc1ccc(CNC(=O)c2cc(F)ccc2Br)cn1. The highest BCUT2D eigenvalue weighted by molar-refractivity contribution is 9.10. The molecule has 2 rings (SSSR count). The Bertz CT molecular complexity index is 617. The summed E-state index contributed by atoms with van der Waals surface area (Å²) in [4.78, 5) is 16.0. The molecule has 1 heterocycles. The number of hydrogen-bond donors (Lipinski definition) is 1. The average molecular weight is 339 g/mol. The zero-order chi connectivity index (χ0) is 14.5. The number of methoxy groups -OCH3 is 1. The highest BCUT2D eigenvalue weighted by atomic mass is 79.9.